The summed E-state index contributed by atoms with van der Waals surface area (Å²) in [5.41, 5.74) is 5.20. The lowest BCUT2D eigenvalue weighted by Crippen LogP contribution is -2.59. The van der Waals surface area contributed by atoms with E-state index in [1.54, 1.807) is 0 Å². The Labute approximate surface area is 79.6 Å². The molecule has 0 spiro atoms. The molecule has 0 radical (unpaired) electrons. The van der Waals surface area contributed by atoms with Crippen LogP contribution in [0.25, 0.3) is 0 Å². The first-order valence-corrected chi connectivity index (χ1v) is 4.73. The fourth-order valence-electron chi connectivity index (χ4n) is 2.33. The third-order valence-electron chi connectivity index (χ3n) is 3.62. The van der Waals surface area contributed by atoms with Gasteiger partial charge in [0.2, 0.25) is 0 Å². The molecule has 1 aliphatic carbocycles. The highest BCUT2D eigenvalue weighted by atomic mass is 16.5. The zero-order chi connectivity index (χ0) is 10.3. The van der Waals surface area contributed by atoms with Gasteiger partial charge in [0.1, 0.15) is 5.54 Å². The molecule has 0 bridgehead atoms. The van der Waals surface area contributed by atoms with Crippen LogP contribution in [-0.4, -0.2) is 18.6 Å². The molecular formula is C10H19NO2. The van der Waals surface area contributed by atoms with E-state index >= 15 is 0 Å². The molecular weight excluding hydrogens is 166 g/mol. The number of carbonyl (C=O) groups excluding carboxylic acids is 1. The minimum atomic E-state index is -0.804. The third-order valence-corrected chi connectivity index (χ3v) is 3.62. The number of hydrogen-bond donors (Lipinski definition) is 1. The van der Waals surface area contributed by atoms with E-state index in [0.29, 0.717) is 0 Å². The molecule has 1 saturated carbocycles. The molecule has 1 rings (SSSR count). The topological polar surface area (TPSA) is 52.3 Å². The number of nitrogens with two attached hydrogens (primary N) is 1. The van der Waals surface area contributed by atoms with Crippen LogP contribution in [0.4, 0.5) is 0 Å². The highest BCUT2D eigenvalue weighted by Crippen LogP contribution is 2.48. The lowest BCUT2D eigenvalue weighted by molar-refractivity contribution is -0.152. The smallest absolute Gasteiger partial charge is 0.326 e. The molecule has 0 aromatic rings. The molecule has 2 atom stereocenters. The van der Waals surface area contributed by atoms with Crippen molar-refractivity contribution in [1.82, 2.24) is 0 Å². The molecule has 0 heterocycles. The summed E-state index contributed by atoms with van der Waals surface area (Å²) in [7, 11) is 1.40. The Morgan fingerprint density at radius 3 is 2.38 bits per heavy atom. The van der Waals surface area contributed by atoms with Gasteiger partial charge < -0.3 is 10.5 Å². The molecule has 1 aliphatic rings. The average Bonchev–Trinajstić information content (AvgIpc) is 2.29. The van der Waals surface area contributed by atoms with Gasteiger partial charge in [-0.15, -0.1) is 0 Å². The molecule has 3 heteroatoms. The third kappa shape index (κ3) is 1.26. The highest BCUT2D eigenvalue weighted by Gasteiger charge is 2.56. The van der Waals surface area contributed by atoms with E-state index in [9.17, 15) is 4.79 Å². The summed E-state index contributed by atoms with van der Waals surface area (Å²) >= 11 is 0. The SMILES string of the molecule is COC(=O)C1(N)C(C)CCC1(C)C. The number of carbonyl (C=O) groups is 1. The Balaban J connectivity index is 3.03. The van der Waals surface area contributed by atoms with Gasteiger partial charge in [0, 0.05) is 0 Å². The highest BCUT2D eigenvalue weighted by molar-refractivity contribution is 5.82. The Morgan fingerprint density at radius 2 is 2.08 bits per heavy atom. The quantitative estimate of drug-likeness (QED) is 0.627. The maximum atomic E-state index is 11.6. The molecule has 0 aliphatic heterocycles. The predicted molar refractivity (Wildman–Crippen MR) is 51.1 cm³/mol. The van der Waals surface area contributed by atoms with Gasteiger partial charge in [0.15, 0.2) is 0 Å². The molecule has 2 unspecified atom stereocenters. The van der Waals surface area contributed by atoms with E-state index in [0.717, 1.165) is 12.8 Å². The summed E-state index contributed by atoms with van der Waals surface area (Å²) < 4.78 is 4.78. The van der Waals surface area contributed by atoms with Crippen LogP contribution in [0.3, 0.4) is 0 Å². The Kier molecular flexibility index (Phi) is 2.41. The summed E-state index contributed by atoms with van der Waals surface area (Å²) in [5, 5.41) is 0. The van der Waals surface area contributed by atoms with Crippen molar-refractivity contribution in [1.29, 1.82) is 0 Å². The van der Waals surface area contributed by atoms with Crippen LogP contribution < -0.4 is 5.73 Å². The van der Waals surface area contributed by atoms with Crippen molar-refractivity contribution in [2.45, 2.75) is 39.2 Å². The van der Waals surface area contributed by atoms with Crippen molar-refractivity contribution in [2.24, 2.45) is 17.1 Å². The van der Waals surface area contributed by atoms with Crippen LogP contribution in [0.5, 0.6) is 0 Å². The molecule has 13 heavy (non-hydrogen) atoms. The molecule has 3 nitrogen and oxygen atoms in total. The first kappa shape index (κ1) is 10.5. The van der Waals surface area contributed by atoms with Crippen LogP contribution >= 0.6 is 0 Å². The number of esters is 1. The summed E-state index contributed by atoms with van der Waals surface area (Å²) in [6.45, 7) is 6.09. The lowest BCUT2D eigenvalue weighted by Gasteiger charge is -2.37. The van der Waals surface area contributed by atoms with Crippen LogP contribution in [0.15, 0.2) is 0 Å². The van der Waals surface area contributed by atoms with Gasteiger partial charge in [-0.2, -0.15) is 0 Å². The van der Waals surface area contributed by atoms with E-state index in [2.05, 4.69) is 0 Å². The second-order valence-corrected chi connectivity index (χ2v) is 4.68. The Hall–Kier alpha value is -0.570. The van der Waals surface area contributed by atoms with Crippen molar-refractivity contribution in [3.63, 3.8) is 0 Å². The van der Waals surface area contributed by atoms with Gasteiger partial charge in [-0.05, 0) is 24.2 Å². The fraction of sp³-hybridized carbons (Fsp3) is 0.900. The normalized spacial score (nSPS) is 37.5. The van der Waals surface area contributed by atoms with Gasteiger partial charge in [0.05, 0.1) is 7.11 Å². The number of ether oxygens (including phenoxy) is 1. The number of rotatable bonds is 1. The first-order valence-electron chi connectivity index (χ1n) is 4.73. The average molecular weight is 185 g/mol. The standard InChI is InChI=1S/C10H19NO2/c1-7-5-6-9(2,3)10(7,11)8(12)13-4/h7H,5-6,11H2,1-4H3. The minimum absolute atomic E-state index is 0.153. The maximum absolute atomic E-state index is 11.6. The zero-order valence-electron chi connectivity index (χ0n) is 8.89. The second-order valence-electron chi connectivity index (χ2n) is 4.68. The van der Waals surface area contributed by atoms with Gasteiger partial charge in [0.25, 0.3) is 0 Å². The first-order chi connectivity index (χ1) is 5.86. The molecule has 0 aromatic heterocycles. The predicted octanol–water partition coefficient (Wildman–Crippen LogP) is 1.31. The molecule has 2 N–H and O–H groups in total. The van der Waals surface area contributed by atoms with Crippen LogP contribution in [0, 0.1) is 11.3 Å². The number of methoxy groups -OCH3 is 1. The minimum Gasteiger partial charge on any atom is -0.468 e. The Morgan fingerprint density at radius 1 is 1.54 bits per heavy atom. The summed E-state index contributed by atoms with van der Waals surface area (Å²) in [6.07, 6.45) is 1.98. The van der Waals surface area contributed by atoms with Gasteiger partial charge in [-0.1, -0.05) is 20.8 Å². The van der Waals surface area contributed by atoms with E-state index in [-0.39, 0.29) is 17.3 Å². The second kappa shape index (κ2) is 2.98. The lowest BCUT2D eigenvalue weighted by atomic mass is 9.72. The maximum Gasteiger partial charge on any atom is 0.326 e. The zero-order valence-corrected chi connectivity index (χ0v) is 8.89. The summed E-state index contributed by atoms with van der Waals surface area (Å²) in [4.78, 5) is 11.6. The van der Waals surface area contributed by atoms with E-state index in [1.165, 1.54) is 7.11 Å². The van der Waals surface area contributed by atoms with E-state index < -0.39 is 5.54 Å². The van der Waals surface area contributed by atoms with Crippen molar-refractivity contribution < 1.29 is 9.53 Å². The van der Waals surface area contributed by atoms with Crippen LogP contribution in [-0.2, 0) is 9.53 Å². The molecule has 0 amide bonds. The van der Waals surface area contributed by atoms with Crippen LogP contribution in [0.1, 0.15) is 33.6 Å². The molecule has 76 valence electrons. The fourth-order valence-corrected chi connectivity index (χ4v) is 2.33. The van der Waals surface area contributed by atoms with Crippen molar-refractivity contribution in [2.75, 3.05) is 7.11 Å². The molecule has 0 saturated heterocycles. The van der Waals surface area contributed by atoms with Crippen molar-refractivity contribution >= 4 is 5.97 Å². The monoisotopic (exact) mass is 185 g/mol. The van der Waals surface area contributed by atoms with E-state index in [4.69, 9.17) is 10.5 Å². The summed E-state index contributed by atoms with van der Waals surface area (Å²) in [6, 6.07) is 0. The van der Waals surface area contributed by atoms with Gasteiger partial charge in [-0.25, -0.2) is 0 Å². The Bertz CT molecular complexity index is 225. The van der Waals surface area contributed by atoms with Gasteiger partial charge >= 0.3 is 5.97 Å². The van der Waals surface area contributed by atoms with Crippen molar-refractivity contribution in [3.05, 3.63) is 0 Å². The van der Waals surface area contributed by atoms with E-state index in [1.807, 2.05) is 20.8 Å². The molecule has 1 fully saturated rings. The number of hydrogen-bond acceptors (Lipinski definition) is 3. The van der Waals surface area contributed by atoms with Crippen molar-refractivity contribution in [3.8, 4) is 0 Å². The van der Waals surface area contributed by atoms with Gasteiger partial charge in [-0.3, -0.25) is 4.79 Å². The molecule has 0 aromatic carbocycles. The largest absolute Gasteiger partial charge is 0.468 e. The summed E-state index contributed by atoms with van der Waals surface area (Å²) in [5.74, 6) is -0.0718. The van der Waals surface area contributed by atoms with Crippen LogP contribution in [0.2, 0.25) is 0 Å².